The first-order chi connectivity index (χ1) is 13.7. The Labute approximate surface area is 166 Å². The molecule has 0 radical (unpaired) electrons. The number of benzene rings is 1. The maximum atomic E-state index is 13.8. The van der Waals surface area contributed by atoms with Crippen molar-refractivity contribution in [3.05, 3.63) is 70.7 Å². The van der Waals surface area contributed by atoms with E-state index in [1.165, 1.54) is 12.1 Å². The summed E-state index contributed by atoms with van der Waals surface area (Å²) in [6.45, 7) is 3.84. The number of hydrogen-bond donors (Lipinski definition) is 1. The van der Waals surface area contributed by atoms with E-state index in [0.717, 1.165) is 12.8 Å². The highest BCUT2D eigenvalue weighted by Crippen LogP contribution is 2.50. The van der Waals surface area contributed by atoms with Crippen molar-refractivity contribution in [2.45, 2.75) is 44.8 Å². The number of rotatable bonds is 4. The van der Waals surface area contributed by atoms with E-state index in [-0.39, 0.29) is 23.2 Å². The van der Waals surface area contributed by atoms with Crippen LogP contribution in [0.4, 0.5) is 13.2 Å². The summed E-state index contributed by atoms with van der Waals surface area (Å²) in [5, 5.41) is 3.10. The predicted molar refractivity (Wildman–Crippen MR) is 103 cm³/mol. The molecule has 0 unspecified atom stereocenters. The first-order valence-electron chi connectivity index (χ1n) is 9.39. The van der Waals surface area contributed by atoms with Gasteiger partial charge in [0.2, 0.25) is 0 Å². The molecule has 0 spiro atoms. The third-order valence-corrected chi connectivity index (χ3v) is 5.51. The molecule has 2 heterocycles. The zero-order valence-electron chi connectivity index (χ0n) is 16.1. The van der Waals surface area contributed by atoms with E-state index in [9.17, 15) is 18.0 Å². The molecule has 1 N–H and O–H groups in total. The summed E-state index contributed by atoms with van der Waals surface area (Å²) in [4.78, 5) is 20.7. The van der Waals surface area contributed by atoms with E-state index in [0.29, 0.717) is 22.2 Å². The van der Waals surface area contributed by atoms with Crippen molar-refractivity contribution in [3.63, 3.8) is 0 Å². The van der Waals surface area contributed by atoms with Crippen LogP contribution in [0, 0.1) is 6.92 Å². The van der Waals surface area contributed by atoms with Crippen LogP contribution in [0.25, 0.3) is 10.9 Å². The summed E-state index contributed by atoms with van der Waals surface area (Å²) >= 11 is 0. The Bertz CT molecular complexity index is 1090. The van der Waals surface area contributed by atoms with E-state index in [2.05, 4.69) is 15.3 Å². The molecule has 3 aromatic rings. The standard InChI is InChI=1S/C22H20F3N3O/c1-13-9-18(20(29)27-12-15-5-3-4-8-26-15)28-19-16(13)10-14(21(2)6-7-21)11-17(19)22(23,24)25/h3-5,8-11H,6-7,12H2,1-2H3,(H,27,29). The van der Waals surface area contributed by atoms with Crippen molar-refractivity contribution in [2.24, 2.45) is 0 Å². The van der Waals surface area contributed by atoms with Crippen molar-refractivity contribution in [3.8, 4) is 0 Å². The second-order valence-electron chi connectivity index (χ2n) is 7.81. The van der Waals surface area contributed by atoms with Gasteiger partial charge >= 0.3 is 6.18 Å². The van der Waals surface area contributed by atoms with Gasteiger partial charge in [-0.25, -0.2) is 4.98 Å². The summed E-state index contributed by atoms with van der Waals surface area (Å²) < 4.78 is 41.4. The Morgan fingerprint density at radius 2 is 1.97 bits per heavy atom. The summed E-state index contributed by atoms with van der Waals surface area (Å²) in [5.74, 6) is -0.535. The molecular formula is C22H20F3N3O. The molecule has 29 heavy (non-hydrogen) atoms. The number of aryl methyl sites for hydroxylation is 1. The number of carbonyl (C=O) groups is 1. The summed E-state index contributed by atoms with van der Waals surface area (Å²) in [6, 6.07) is 9.82. The van der Waals surface area contributed by atoms with Gasteiger partial charge in [-0.2, -0.15) is 13.2 Å². The lowest BCUT2D eigenvalue weighted by atomic mass is 9.92. The van der Waals surface area contributed by atoms with Crippen LogP contribution >= 0.6 is 0 Å². The minimum Gasteiger partial charge on any atom is -0.345 e. The molecule has 0 aliphatic heterocycles. The van der Waals surface area contributed by atoms with Crippen LogP contribution < -0.4 is 5.32 Å². The molecule has 0 bridgehead atoms. The number of fused-ring (bicyclic) bond motifs is 1. The Hall–Kier alpha value is -2.96. The normalized spacial score (nSPS) is 15.3. The van der Waals surface area contributed by atoms with E-state index < -0.39 is 17.6 Å². The van der Waals surface area contributed by atoms with E-state index >= 15 is 0 Å². The highest BCUT2D eigenvalue weighted by atomic mass is 19.4. The Balaban J connectivity index is 1.74. The zero-order chi connectivity index (χ0) is 20.8. The lowest BCUT2D eigenvalue weighted by Crippen LogP contribution is -2.24. The third kappa shape index (κ3) is 3.81. The number of carbonyl (C=O) groups excluding carboxylic acids is 1. The van der Waals surface area contributed by atoms with Crippen molar-refractivity contribution < 1.29 is 18.0 Å². The molecule has 1 saturated carbocycles. The van der Waals surface area contributed by atoms with Crippen LogP contribution in [-0.2, 0) is 18.1 Å². The van der Waals surface area contributed by atoms with Gasteiger partial charge in [-0.05, 0) is 66.6 Å². The molecule has 1 fully saturated rings. The average molecular weight is 399 g/mol. The number of amides is 1. The third-order valence-electron chi connectivity index (χ3n) is 5.51. The predicted octanol–water partition coefficient (Wildman–Crippen LogP) is 4.94. The van der Waals surface area contributed by atoms with Crippen LogP contribution in [0.5, 0.6) is 0 Å². The maximum Gasteiger partial charge on any atom is 0.418 e. The topological polar surface area (TPSA) is 54.9 Å². The van der Waals surface area contributed by atoms with Gasteiger partial charge in [-0.15, -0.1) is 0 Å². The monoisotopic (exact) mass is 399 g/mol. The minimum atomic E-state index is -4.55. The number of nitrogens with zero attached hydrogens (tertiary/aromatic N) is 2. The fourth-order valence-corrected chi connectivity index (χ4v) is 3.41. The second kappa shape index (κ2) is 6.83. The molecule has 4 nitrogen and oxygen atoms in total. The summed E-state index contributed by atoms with van der Waals surface area (Å²) in [5.41, 5.74) is 0.691. The van der Waals surface area contributed by atoms with Gasteiger partial charge in [0.25, 0.3) is 5.91 Å². The Morgan fingerprint density at radius 1 is 1.21 bits per heavy atom. The van der Waals surface area contributed by atoms with Crippen LogP contribution in [0.2, 0.25) is 0 Å². The molecule has 4 rings (SSSR count). The minimum absolute atomic E-state index is 0.0400. The number of halogens is 3. The molecule has 1 aromatic carbocycles. The fraction of sp³-hybridized carbons (Fsp3) is 0.318. The number of hydrogen-bond acceptors (Lipinski definition) is 3. The first kappa shape index (κ1) is 19.4. The highest BCUT2D eigenvalue weighted by Gasteiger charge is 2.42. The molecule has 2 aromatic heterocycles. The number of alkyl halides is 3. The highest BCUT2D eigenvalue weighted by molar-refractivity contribution is 5.97. The molecule has 7 heteroatoms. The Morgan fingerprint density at radius 3 is 2.59 bits per heavy atom. The largest absolute Gasteiger partial charge is 0.418 e. The quantitative estimate of drug-likeness (QED) is 0.676. The van der Waals surface area contributed by atoms with Crippen molar-refractivity contribution in [2.75, 3.05) is 0 Å². The number of pyridine rings is 2. The van der Waals surface area contributed by atoms with Gasteiger partial charge in [0, 0.05) is 11.6 Å². The summed E-state index contributed by atoms with van der Waals surface area (Å²) in [7, 11) is 0. The molecule has 0 saturated heterocycles. The van der Waals surface area contributed by atoms with Crippen LogP contribution in [-0.4, -0.2) is 15.9 Å². The molecule has 1 amide bonds. The first-order valence-corrected chi connectivity index (χ1v) is 9.39. The molecular weight excluding hydrogens is 379 g/mol. The number of aromatic nitrogens is 2. The van der Waals surface area contributed by atoms with Crippen LogP contribution in [0.3, 0.4) is 0 Å². The van der Waals surface area contributed by atoms with Gasteiger partial charge in [0.1, 0.15) is 5.69 Å². The van der Waals surface area contributed by atoms with Crippen molar-refractivity contribution in [1.82, 2.24) is 15.3 Å². The lowest BCUT2D eigenvalue weighted by Gasteiger charge is -2.17. The molecule has 0 atom stereocenters. The maximum absolute atomic E-state index is 13.8. The average Bonchev–Trinajstić information content (AvgIpc) is 3.44. The smallest absolute Gasteiger partial charge is 0.345 e. The summed E-state index contributed by atoms with van der Waals surface area (Å²) in [6.07, 6.45) is -1.21. The second-order valence-corrected chi connectivity index (χ2v) is 7.81. The molecule has 150 valence electrons. The number of nitrogens with one attached hydrogen (secondary N) is 1. The molecule has 1 aliphatic carbocycles. The fourth-order valence-electron chi connectivity index (χ4n) is 3.41. The lowest BCUT2D eigenvalue weighted by molar-refractivity contribution is -0.136. The van der Waals surface area contributed by atoms with Gasteiger partial charge in [-0.1, -0.05) is 13.0 Å². The van der Waals surface area contributed by atoms with Gasteiger partial charge in [0.05, 0.1) is 23.3 Å². The van der Waals surface area contributed by atoms with E-state index in [4.69, 9.17) is 0 Å². The van der Waals surface area contributed by atoms with Crippen LogP contribution in [0.1, 0.15) is 52.6 Å². The van der Waals surface area contributed by atoms with Gasteiger partial charge < -0.3 is 5.32 Å². The van der Waals surface area contributed by atoms with Crippen molar-refractivity contribution >= 4 is 16.8 Å². The molecule has 1 aliphatic rings. The van der Waals surface area contributed by atoms with Crippen molar-refractivity contribution in [1.29, 1.82) is 0 Å². The SMILES string of the molecule is Cc1cc(C(=O)NCc2ccccn2)nc2c(C(F)(F)F)cc(C3(C)CC3)cc12. The Kier molecular flexibility index (Phi) is 4.56. The van der Waals surface area contributed by atoms with Gasteiger partial charge in [-0.3, -0.25) is 9.78 Å². The van der Waals surface area contributed by atoms with Gasteiger partial charge in [0.15, 0.2) is 0 Å². The van der Waals surface area contributed by atoms with E-state index in [1.54, 1.807) is 37.4 Å². The zero-order valence-corrected chi connectivity index (χ0v) is 16.1. The van der Waals surface area contributed by atoms with Crippen LogP contribution in [0.15, 0.2) is 42.6 Å². The van der Waals surface area contributed by atoms with E-state index in [1.807, 2.05) is 6.92 Å².